The number of fused-ring (bicyclic) bond motifs is 1. The molecule has 0 saturated heterocycles. The molecule has 0 radical (unpaired) electrons. The van der Waals surface area contributed by atoms with Crippen molar-refractivity contribution in [3.8, 4) is 11.3 Å². The van der Waals surface area contributed by atoms with Crippen LogP contribution in [0.25, 0.3) is 22.3 Å². The number of halogens is 1. The minimum atomic E-state index is -0.409. The van der Waals surface area contributed by atoms with Crippen LogP contribution in [-0.4, -0.2) is 32.2 Å². The van der Waals surface area contributed by atoms with E-state index in [0.717, 1.165) is 11.6 Å². The summed E-state index contributed by atoms with van der Waals surface area (Å²) >= 11 is 0. The lowest BCUT2D eigenvalue weighted by molar-refractivity contribution is 0.622. The molecule has 0 spiro atoms. The third kappa shape index (κ3) is 1.65. The summed E-state index contributed by atoms with van der Waals surface area (Å²) in [6.45, 7) is 0. The Labute approximate surface area is 101 Å². The van der Waals surface area contributed by atoms with Gasteiger partial charge in [0.1, 0.15) is 5.82 Å². The van der Waals surface area contributed by atoms with Crippen molar-refractivity contribution >= 4 is 17.0 Å². The molecule has 2 N–H and O–H groups in total. The standard InChI is InChI=1S/C11H9FN6/c1-13-11-16-9(6-2-7(12)4-14-3-6)8-5-15-18-10(8)17-11/h2-5H,1H3,(H2,13,15,16,17,18). The lowest BCUT2D eigenvalue weighted by Crippen LogP contribution is -1.99. The molecule has 0 fully saturated rings. The minimum Gasteiger partial charge on any atom is -0.357 e. The fraction of sp³-hybridized carbons (Fsp3) is 0.0909. The Morgan fingerprint density at radius 2 is 2.11 bits per heavy atom. The molecule has 0 bridgehead atoms. The lowest BCUT2D eigenvalue weighted by Gasteiger charge is -2.04. The zero-order chi connectivity index (χ0) is 12.5. The second kappa shape index (κ2) is 4.02. The highest BCUT2D eigenvalue weighted by Crippen LogP contribution is 2.25. The van der Waals surface area contributed by atoms with Gasteiger partial charge in [0.2, 0.25) is 5.95 Å². The molecule has 3 aromatic heterocycles. The van der Waals surface area contributed by atoms with E-state index < -0.39 is 5.82 Å². The lowest BCUT2D eigenvalue weighted by atomic mass is 10.1. The molecule has 0 amide bonds. The van der Waals surface area contributed by atoms with Crippen molar-refractivity contribution in [3.05, 3.63) is 30.5 Å². The first kappa shape index (κ1) is 10.6. The average molecular weight is 244 g/mol. The minimum absolute atomic E-state index is 0.409. The Morgan fingerprint density at radius 3 is 2.89 bits per heavy atom. The Balaban J connectivity index is 2.29. The number of rotatable bonds is 2. The van der Waals surface area contributed by atoms with Crippen molar-refractivity contribution in [2.45, 2.75) is 0 Å². The highest BCUT2D eigenvalue weighted by molar-refractivity contribution is 5.90. The topological polar surface area (TPSA) is 79.4 Å². The maximum absolute atomic E-state index is 13.2. The number of hydrogen-bond donors (Lipinski definition) is 2. The van der Waals surface area contributed by atoms with Crippen molar-refractivity contribution < 1.29 is 4.39 Å². The van der Waals surface area contributed by atoms with Crippen LogP contribution in [-0.2, 0) is 0 Å². The van der Waals surface area contributed by atoms with Gasteiger partial charge < -0.3 is 5.32 Å². The predicted octanol–water partition coefficient (Wildman–Crippen LogP) is 1.60. The molecule has 6 nitrogen and oxygen atoms in total. The van der Waals surface area contributed by atoms with Gasteiger partial charge in [0.15, 0.2) is 5.65 Å². The number of aromatic amines is 1. The van der Waals surface area contributed by atoms with Gasteiger partial charge in [-0.3, -0.25) is 10.1 Å². The third-order valence-electron chi connectivity index (χ3n) is 2.51. The van der Waals surface area contributed by atoms with Gasteiger partial charge in [0.25, 0.3) is 0 Å². The molecule has 0 aliphatic rings. The third-order valence-corrected chi connectivity index (χ3v) is 2.51. The largest absolute Gasteiger partial charge is 0.357 e. The number of nitrogens with zero attached hydrogens (tertiary/aromatic N) is 4. The van der Waals surface area contributed by atoms with Crippen LogP contribution in [0.1, 0.15) is 0 Å². The maximum atomic E-state index is 13.2. The Bertz CT molecular complexity index is 708. The summed E-state index contributed by atoms with van der Waals surface area (Å²) in [7, 11) is 1.71. The summed E-state index contributed by atoms with van der Waals surface area (Å²) in [5, 5.41) is 10.3. The van der Waals surface area contributed by atoms with E-state index in [9.17, 15) is 4.39 Å². The monoisotopic (exact) mass is 244 g/mol. The molecule has 0 aliphatic heterocycles. The second-order valence-electron chi connectivity index (χ2n) is 3.67. The van der Waals surface area contributed by atoms with Crippen LogP contribution in [0.3, 0.4) is 0 Å². The smallest absolute Gasteiger partial charge is 0.225 e. The van der Waals surface area contributed by atoms with Crippen LogP contribution in [0.4, 0.5) is 10.3 Å². The molecule has 3 aromatic rings. The van der Waals surface area contributed by atoms with Gasteiger partial charge in [-0.1, -0.05) is 0 Å². The molecule has 0 aliphatic carbocycles. The van der Waals surface area contributed by atoms with Gasteiger partial charge in [-0.25, -0.2) is 9.37 Å². The molecule has 0 unspecified atom stereocenters. The predicted molar refractivity (Wildman–Crippen MR) is 64.4 cm³/mol. The molecular weight excluding hydrogens is 235 g/mol. The Morgan fingerprint density at radius 1 is 1.22 bits per heavy atom. The zero-order valence-corrected chi connectivity index (χ0v) is 9.48. The van der Waals surface area contributed by atoms with Crippen molar-refractivity contribution in [2.24, 2.45) is 0 Å². The highest BCUT2D eigenvalue weighted by Gasteiger charge is 2.11. The molecule has 90 valence electrons. The van der Waals surface area contributed by atoms with Crippen LogP contribution in [0.5, 0.6) is 0 Å². The van der Waals surface area contributed by atoms with Crippen LogP contribution >= 0.6 is 0 Å². The van der Waals surface area contributed by atoms with Gasteiger partial charge in [0, 0.05) is 18.8 Å². The molecule has 0 atom stereocenters. The molecule has 18 heavy (non-hydrogen) atoms. The molecule has 7 heteroatoms. The summed E-state index contributed by atoms with van der Waals surface area (Å²) in [5.74, 6) is 0.0276. The number of anilines is 1. The molecule has 0 aromatic carbocycles. The average Bonchev–Trinajstić information content (AvgIpc) is 2.85. The summed E-state index contributed by atoms with van der Waals surface area (Å²) in [5.41, 5.74) is 1.76. The quantitative estimate of drug-likeness (QED) is 0.715. The summed E-state index contributed by atoms with van der Waals surface area (Å²) in [6, 6.07) is 1.38. The second-order valence-corrected chi connectivity index (χ2v) is 3.67. The highest BCUT2D eigenvalue weighted by atomic mass is 19.1. The summed E-state index contributed by atoms with van der Waals surface area (Å²) in [6.07, 6.45) is 4.31. The van der Waals surface area contributed by atoms with Gasteiger partial charge in [-0.05, 0) is 6.07 Å². The number of nitrogens with one attached hydrogen (secondary N) is 2. The molecule has 3 rings (SSSR count). The van der Waals surface area contributed by atoms with E-state index in [1.165, 1.54) is 6.07 Å². The number of aromatic nitrogens is 5. The van der Waals surface area contributed by atoms with E-state index in [4.69, 9.17) is 0 Å². The Hall–Kier alpha value is -2.57. The van der Waals surface area contributed by atoms with Crippen LogP contribution in [0.15, 0.2) is 24.7 Å². The number of pyridine rings is 1. The van der Waals surface area contributed by atoms with E-state index in [2.05, 4.69) is 30.5 Å². The van der Waals surface area contributed by atoms with Crippen LogP contribution < -0.4 is 5.32 Å². The SMILES string of the molecule is CNc1nc(-c2cncc(F)c2)c2cn[nH]c2n1. The van der Waals surface area contributed by atoms with Crippen molar-refractivity contribution in [1.82, 2.24) is 25.1 Å². The van der Waals surface area contributed by atoms with E-state index in [-0.39, 0.29) is 0 Å². The number of H-pyrrole nitrogens is 1. The van der Waals surface area contributed by atoms with Crippen molar-refractivity contribution in [2.75, 3.05) is 12.4 Å². The van der Waals surface area contributed by atoms with Crippen molar-refractivity contribution in [1.29, 1.82) is 0 Å². The van der Waals surface area contributed by atoms with E-state index in [1.54, 1.807) is 19.4 Å². The fourth-order valence-corrected chi connectivity index (χ4v) is 1.71. The molecule has 0 saturated carbocycles. The first-order valence-corrected chi connectivity index (χ1v) is 5.27. The van der Waals surface area contributed by atoms with E-state index in [0.29, 0.717) is 22.9 Å². The van der Waals surface area contributed by atoms with E-state index in [1.807, 2.05) is 0 Å². The van der Waals surface area contributed by atoms with Gasteiger partial charge in [0.05, 0.1) is 23.5 Å². The van der Waals surface area contributed by atoms with Crippen molar-refractivity contribution in [3.63, 3.8) is 0 Å². The first-order chi connectivity index (χ1) is 8.78. The van der Waals surface area contributed by atoms with Gasteiger partial charge >= 0.3 is 0 Å². The molecular formula is C11H9FN6. The summed E-state index contributed by atoms with van der Waals surface area (Å²) in [4.78, 5) is 12.3. The van der Waals surface area contributed by atoms with Crippen LogP contribution in [0.2, 0.25) is 0 Å². The maximum Gasteiger partial charge on any atom is 0.225 e. The first-order valence-electron chi connectivity index (χ1n) is 5.27. The normalized spacial score (nSPS) is 10.8. The van der Waals surface area contributed by atoms with Crippen LogP contribution in [0, 0.1) is 5.82 Å². The summed E-state index contributed by atoms with van der Waals surface area (Å²) < 4.78 is 13.2. The number of hydrogen-bond acceptors (Lipinski definition) is 5. The Kier molecular flexibility index (Phi) is 2.36. The molecule has 3 heterocycles. The fourth-order valence-electron chi connectivity index (χ4n) is 1.71. The zero-order valence-electron chi connectivity index (χ0n) is 9.48. The van der Waals surface area contributed by atoms with Gasteiger partial charge in [-0.2, -0.15) is 10.1 Å². The van der Waals surface area contributed by atoms with Gasteiger partial charge in [-0.15, -0.1) is 0 Å². The van der Waals surface area contributed by atoms with E-state index >= 15 is 0 Å².